The van der Waals surface area contributed by atoms with Gasteiger partial charge in [-0.2, -0.15) is 0 Å². The molecule has 4 aliphatic rings. The first-order valence-corrected chi connectivity index (χ1v) is 15.5. The Kier molecular flexibility index (Phi) is 10.1. The van der Waals surface area contributed by atoms with Crippen LogP contribution in [0.4, 0.5) is 0 Å². The first kappa shape index (κ1) is 34.1. The Morgan fingerprint density at radius 2 is 1.23 bits per heavy atom. The SMILES string of the molecule is COc1cc([C@H]2OC[C@@H]3C(c4ccc(OC5OC(COC6OC(C)C(O)C(O)C6O)C(O)C(O)C5O)c(OC)c4)OC[C@H]23)ccc1O. The fourth-order valence-corrected chi connectivity index (χ4v) is 6.68. The zero-order valence-corrected chi connectivity index (χ0v) is 26.1. The van der Waals surface area contributed by atoms with E-state index in [4.69, 9.17) is 37.9 Å². The third-order valence-electron chi connectivity index (χ3n) is 9.46. The number of methoxy groups -OCH3 is 2. The van der Waals surface area contributed by atoms with Gasteiger partial charge in [0.05, 0.1) is 52.4 Å². The van der Waals surface area contributed by atoms with Gasteiger partial charge in [0.25, 0.3) is 0 Å². The van der Waals surface area contributed by atoms with Crippen molar-refractivity contribution in [2.75, 3.05) is 34.0 Å². The van der Waals surface area contributed by atoms with Gasteiger partial charge in [-0.1, -0.05) is 12.1 Å². The number of rotatable bonds is 9. The summed E-state index contributed by atoms with van der Waals surface area (Å²) in [7, 11) is 2.94. The Morgan fingerprint density at radius 3 is 1.87 bits per heavy atom. The lowest BCUT2D eigenvalue weighted by Gasteiger charge is -2.42. The van der Waals surface area contributed by atoms with Gasteiger partial charge in [-0.25, -0.2) is 0 Å². The predicted octanol–water partition coefficient (Wildman–Crippen LogP) is -0.485. The summed E-state index contributed by atoms with van der Waals surface area (Å²) in [6, 6.07) is 10.3. The average Bonchev–Trinajstić information content (AvgIpc) is 3.69. The summed E-state index contributed by atoms with van der Waals surface area (Å²) >= 11 is 0. The van der Waals surface area contributed by atoms with Crippen LogP contribution >= 0.6 is 0 Å². The number of aliphatic hydroxyl groups is 6. The molecule has 0 spiro atoms. The van der Waals surface area contributed by atoms with Crippen molar-refractivity contribution >= 4 is 0 Å². The maximum absolute atomic E-state index is 10.7. The van der Waals surface area contributed by atoms with Crippen LogP contribution in [0.15, 0.2) is 36.4 Å². The first-order chi connectivity index (χ1) is 22.5. The van der Waals surface area contributed by atoms with E-state index in [1.54, 1.807) is 30.3 Å². The highest BCUT2D eigenvalue weighted by Crippen LogP contribution is 2.51. The fourth-order valence-electron chi connectivity index (χ4n) is 6.68. The van der Waals surface area contributed by atoms with Crippen molar-refractivity contribution in [2.45, 2.75) is 80.5 Å². The van der Waals surface area contributed by atoms with E-state index in [0.29, 0.717) is 24.7 Å². The predicted molar refractivity (Wildman–Crippen MR) is 158 cm³/mol. The number of phenolic OH excluding ortho intramolecular Hbond substituents is 1. The normalized spacial score (nSPS) is 40.2. The molecule has 4 saturated heterocycles. The van der Waals surface area contributed by atoms with Crippen LogP contribution < -0.4 is 14.2 Å². The third-order valence-corrected chi connectivity index (χ3v) is 9.46. The Balaban J connectivity index is 1.12. The lowest BCUT2D eigenvalue weighted by Crippen LogP contribution is -2.61. The van der Waals surface area contributed by atoms with Crippen molar-refractivity contribution < 1.29 is 73.6 Å². The van der Waals surface area contributed by atoms with Gasteiger partial charge in [0.15, 0.2) is 29.3 Å². The Labute approximate surface area is 270 Å². The van der Waals surface area contributed by atoms with E-state index in [-0.39, 0.29) is 35.5 Å². The topological polar surface area (TPSA) is 215 Å². The Hall–Kier alpha value is -2.80. The molecule has 2 aromatic rings. The van der Waals surface area contributed by atoms with E-state index in [1.807, 2.05) is 6.07 Å². The lowest BCUT2D eigenvalue weighted by molar-refractivity contribution is -0.318. The largest absolute Gasteiger partial charge is 0.504 e. The van der Waals surface area contributed by atoms with Crippen molar-refractivity contribution in [1.82, 2.24) is 0 Å². The fraction of sp³-hybridized carbons (Fsp3) is 0.625. The molecule has 7 N–H and O–H groups in total. The summed E-state index contributed by atoms with van der Waals surface area (Å²) in [4.78, 5) is 0. The monoisotopic (exact) mass is 666 g/mol. The van der Waals surface area contributed by atoms with Gasteiger partial charge >= 0.3 is 0 Å². The maximum atomic E-state index is 10.7. The minimum absolute atomic E-state index is 0.0381. The molecular weight excluding hydrogens is 624 g/mol. The first-order valence-electron chi connectivity index (χ1n) is 15.5. The molecule has 4 heterocycles. The summed E-state index contributed by atoms with van der Waals surface area (Å²) in [5.74, 6) is 1.00. The molecule has 14 atom stereocenters. The third kappa shape index (κ3) is 6.50. The van der Waals surface area contributed by atoms with Crippen LogP contribution in [0.1, 0.15) is 30.3 Å². The number of ether oxygens (including phenoxy) is 8. The molecule has 0 aliphatic carbocycles. The minimum atomic E-state index is -1.68. The van der Waals surface area contributed by atoms with Gasteiger partial charge in [0.2, 0.25) is 6.29 Å². The van der Waals surface area contributed by atoms with Crippen LogP contribution in [0.2, 0.25) is 0 Å². The molecule has 0 radical (unpaired) electrons. The van der Waals surface area contributed by atoms with Crippen LogP contribution in [0.5, 0.6) is 23.0 Å². The molecule has 15 heteroatoms. The number of hydrogen-bond acceptors (Lipinski definition) is 15. The number of aliphatic hydroxyl groups excluding tert-OH is 6. The van der Waals surface area contributed by atoms with E-state index in [0.717, 1.165) is 11.1 Å². The van der Waals surface area contributed by atoms with Crippen molar-refractivity contribution in [3.05, 3.63) is 47.5 Å². The van der Waals surface area contributed by atoms with Crippen molar-refractivity contribution in [1.29, 1.82) is 0 Å². The highest BCUT2D eigenvalue weighted by atomic mass is 16.7. The van der Waals surface area contributed by atoms with Crippen molar-refractivity contribution in [3.8, 4) is 23.0 Å². The number of phenols is 1. The van der Waals surface area contributed by atoms with Crippen LogP contribution in [-0.4, -0.2) is 131 Å². The molecule has 15 nitrogen and oxygen atoms in total. The number of aromatic hydroxyl groups is 1. The number of hydrogen-bond donors (Lipinski definition) is 7. The second kappa shape index (κ2) is 14.0. The lowest BCUT2D eigenvalue weighted by atomic mass is 9.85. The van der Waals surface area contributed by atoms with Gasteiger partial charge in [-0.3, -0.25) is 0 Å². The quantitative estimate of drug-likeness (QED) is 0.180. The molecule has 2 aromatic carbocycles. The molecule has 260 valence electrons. The van der Waals surface area contributed by atoms with Crippen LogP contribution in [0.3, 0.4) is 0 Å². The molecule has 0 amide bonds. The summed E-state index contributed by atoms with van der Waals surface area (Å²) in [6.07, 6.45) is -14.8. The highest BCUT2D eigenvalue weighted by molar-refractivity contribution is 5.45. The van der Waals surface area contributed by atoms with Crippen LogP contribution in [-0.2, 0) is 23.7 Å². The van der Waals surface area contributed by atoms with Gasteiger partial charge < -0.3 is 73.6 Å². The van der Waals surface area contributed by atoms with E-state index in [9.17, 15) is 35.7 Å². The van der Waals surface area contributed by atoms with E-state index in [1.165, 1.54) is 21.1 Å². The summed E-state index contributed by atoms with van der Waals surface area (Å²) in [6.45, 7) is 1.99. The summed E-state index contributed by atoms with van der Waals surface area (Å²) < 4.78 is 45.9. The van der Waals surface area contributed by atoms with Crippen LogP contribution in [0, 0.1) is 11.8 Å². The smallest absolute Gasteiger partial charge is 0.229 e. The van der Waals surface area contributed by atoms with E-state index in [2.05, 4.69) is 0 Å². The average molecular weight is 667 g/mol. The second-order valence-corrected chi connectivity index (χ2v) is 12.3. The zero-order chi connectivity index (χ0) is 33.6. The molecule has 47 heavy (non-hydrogen) atoms. The maximum Gasteiger partial charge on any atom is 0.229 e. The van der Waals surface area contributed by atoms with Crippen LogP contribution in [0.25, 0.3) is 0 Å². The molecule has 11 unspecified atom stereocenters. The Bertz CT molecular complexity index is 1380. The van der Waals surface area contributed by atoms with Gasteiger partial charge in [-0.15, -0.1) is 0 Å². The minimum Gasteiger partial charge on any atom is -0.504 e. The molecule has 0 bridgehead atoms. The van der Waals surface area contributed by atoms with Gasteiger partial charge in [0.1, 0.15) is 42.7 Å². The highest BCUT2D eigenvalue weighted by Gasteiger charge is 2.49. The molecule has 6 rings (SSSR count). The van der Waals surface area contributed by atoms with Crippen molar-refractivity contribution in [2.24, 2.45) is 11.8 Å². The van der Waals surface area contributed by atoms with Crippen molar-refractivity contribution in [3.63, 3.8) is 0 Å². The molecule has 4 fully saturated rings. The van der Waals surface area contributed by atoms with E-state index >= 15 is 0 Å². The second-order valence-electron chi connectivity index (χ2n) is 12.3. The summed E-state index contributed by atoms with van der Waals surface area (Å²) in [5, 5.41) is 72.0. The summed E-state index contributed by atoms with van der Waals surface area (Å²) in [5.41, 5.74) is 1.70. The zero-order valence-electron chi connectivity index (χ0n) is 26.1. The van der Waals surface area contributed by atoms with E-state index < -0.39 is 68.0 Å². The number of fused-ring (bicyclic) bond motifs is 1. The van der Waals surface area contributed by atoms with Gasteiger partial charge in [0, 0.05) is 11.8 Å². The standard InChI is InChI=1S/C32H42O15/c1-13-23(34)25(36)27(38)31(45-13)44-12-22-24(35)26(37)28(39)32(47-22)46-19-7-5-15(9-21(19)41-3)30-17-11-42-29(16(17)10-43-30)14-4-6-18(33)20(8-14)40-2/h4-9,13,16-17,22-39H,10-12H2,1-3H3/t13?,16-,17-,22?,23?,24?,25?,26?,27?,28?,29+,30?,31?,32?/m0/s1. The molecular formula is C32H42O15. The van der Waals surface area contributed by atoms with Gasteiger partial charge in [-0.05, 0) is 42.3 Å². The molecule has 0 saturated carbocycles. The Morgan fingerprint density at radius 1 is 0.660 bits per heavy atom. The number of benzene rings is 2. The molecule has 4 aliphatic heterocycles. The molecule has 0 aromatic heterocycles.